The van der Waals surface area contributed by atoms with E-state index in [4.69, 9.17) is 9.84 Å². The second-order valence-electron chi connectivity index (χ2n) is 5.87. The molecule has 106 valence electrons. The van der Waals surface area contributed by atoms with E-state index in [0.29, 0.717) is 18.9 Å². The summed E-state index contributed by atoms with van der Waals surface area (Å²) >= 11 is 0. The first-order valence-corrected chi connectivity index (χ1v) is 6.79. The highest BCUT2D eigenvalue weighted by Gasteiger charge is 2.26. The van der Waals surface area contributed by atoms with Crippen LogP contribution in [-0.2, 0) is 4.79 Å². The number of rotatable bonds is 7. The number of hydrogen-bond donors (Lipinski definition) is 1. The zero-order valence-electron chi connectivity index (χ0n) is 12.3. The lowest BCUT2D eigenvalue weighted by Crippen LogP contribution is -2.24. The van der Waals surface area contributed by atoms with E-state index < -0.39 is 11.4 Å². The third kappa shape index (κ3) is 4.93. The maximum absolute atomic E-state index is 11.0. The molecule has 0 fully saturated rings. The van der Waals surface area contributed by atoms with Crippen LogP contribution in [-0.4, -0.2) is 17.7 Å². The van der Waals surface area contributed by atoms with Gasteiger partial charge in [-0.2, -0.15) is 0 Å². The summed E-state index contributed by atoms with van der Waals surface area (Å²) in [4.78, 5) is 11.0. The maximum atomic E-state index is 11.0. The van der Waals surface area contributed by atoms with Crippen molar-refractivity contribution in [3.8, 4) is 5.75 Å². The number of benzene rings is 1. The number of ether oxygens (including phenoxy) is 1. The SMILES string of the molecule is CC(C)c1cccc(OCCCC(C)(C)C(=O)O)c1. The Bertz CT molecular complexity index is 422. The molecule has 0 bridgehead atoms. The summed E-state index contributed by atoms with van der Waals surface area (Å²) in [5, 5.41) is 9.01. The topological polar surface area (TPSA) is 46.5 Å². The van der Waals surface area contributed by atoms with E-state index in [9.17, 15) is 4.79 Å². The Morgan fingerprint density at radius 1 is 1.37 bits per heavy atom. The lowest BCUT2D eigenvalue weighted by atomic mass is 9.88. The van der Waals surface area contributed by atoms with E-state index in [1.165, 1.54) is 5.56 Å². The highest BCUT2D eigenvalue weighted by atomic mass is 16.5. The molecule has 1 aromatic carbocycles. The summed E-state index contributed by atoms with van der Waals surface area (Å²) in [6.07, 6.45) is 1.36. The zero-order valence-corrected chi connectivity index (χ0v) is 12.3. The first kappa shape index (κ1) is 15.5. The highest BCUT2D eigenvalue weighted by Crippen LogP contribution is 2.23. The first-order chi connectivity index (χ1) is 8.83. The largest absolute Gasteiger partial charge is 0.494 e. The highest BCUT2D eigenvalue weighted by molar-refractivity contribution is 5.73. The average Bonchev–Trinajstić information content (AvgIpc) is 2.35. The number of carboxylic acid groups (broad SMARTS) is 1. The van der Waals surface area contributed by atoms with E-state index in [0.717, 1.165) is 12.2 Å². The smallest absolute Gasteiger partial charge is 0.309 e. The minimum absolute atomic E-state index is 0.481. The van der Waals surface area contributed by atoms with Gasteiger partial charge in [0.15, 0.2) is 0 Å². The van der Waals surface area contributed by atoms with Gasteiger partial charge in [0.1, 0.15) is 5.75 Å². The van der Waals surface area contributed by atoms with Crippen LogP contribution in [0.15, 0.2) is 24.3 Å². The Kier molecular flexibility index (Phi) is 5.40. The van der Waals surface area contributed by atoms with E-state index in [1.54, 1.807) is 13.8 Å². The molecule has 19 heavy (non-hydrogen) atoms. The minimum atomic E-state index is -0.755. The van der Waals surface area contributed by atoms with E-state index in [-0.39, 0.29) is 0 Å². The van der Waals surface area contributed by atoms with Gasteiger partial charge in [-0.1, -0.05) is 26.0 Å². The van der Waals surface area contributed by atoms with Crippen molar-refractivity contribution >= 4 is 5.97 Å². The summed E-state index contributed by atoms with van der Waals surface area (Å²) in [5.74, 6) is 0.586. The Morgan fingerprint density at radius 2 is 2.05 bits per heavy atom. The summed E-state index contributed by atoms with van der Waals surface area (Å²) < 4.78 is 5.68. The van der Waals surface area contributed by atoms with Crippen LogP contribution in [0.3, 0.4) is 0 Å². The number of carbonyl (C=O) groups is 1. The molecule has 0 aromatic heterocycles. The average molecular weight is 264 g/mol. The van der Waals surface area contributed by atoms with Crippen molar-refractivity contribution in [2.45, 2.75) is 46.5 Å². The predicted molar refractivity (Wildman–Crippen MR) is 76.7 cm³/mol. The van der Waals surface area contributed by atoms with Crippen LogP contribution in [0.1, 0.15) is 52.0 Å². The van der Waals surface area contributed by atoms with Crippen LogP contribution in [0.2, 0.25) is 0 Å². The second-order valence-corrected chi connectivity index (χ2v) is 5.87. The van der Waals surface area contributed by atoms with Crippen LogP contribution in [0.4, 0.5) is 0 Å². The Hall–Kier alpha value is -1.51. The molecule has 0 spiro atoms. The summed E-state index contributed by atoms with van der Waals surface area (Å²) in [6, 6.07) is 8.07. The molecule has 3 nitrogen and oxygen atoms in total. The molecule has 0 aliphatic carbocycles. The number of carboxylic acids is 1. The van der Waals surface area contributed by atoms with Crippen molar-refractivity contribution in [2.75, 3.05) is 6.61 Å². The van der Waals surface area contributed by atoms with Gasteiger partial charge in [0, 0.05) is 0 Å². The standard InChI is InChI=1S/C16H24O3/c1-12(2)13-7-5-8-14(11-13)19-10-6-9-16(3,4)15(17)18/h5,7-8,11-12H,6,9-10H2,1-4H3,(H,17,18). The Balaban J connectivity index is 2.42. The lowest BCUT2D eigenvalue weighted by Gasteiger charge is -2.18. The van der Waals surface area contributed by atoms with Gasteiger partial charge in [-0.3, -0.25) is 4.79 Å². The first-order valence-electron chi connectivity index (χ1n) is 6.79. The predicted octanol–water partition coefficient (Wildman–Crippen LogP) is 4.08. The quantitative estimate of drug-likeness (QED) is 0.755. The van der Waals surface area contributed by atoms with Crippen molar-refractivity contribution in [3.63, 3.8) is 0 Å². The van der Waals surface area contributed by atoms with Crippen LogP contribution < -0.4 is 4.74 Å². The van der Waals surface area contributed by atoms with Gasteiger partial charge in [0.2, 0.25) is 0 Å². The third-order valence-electron chi connectivity index (χ3n) is 3.32. The molecule has 0 atom stereocenters. The van der Waals surface area contributed by atoms with E-state index in [1.807, 2.05) is 18.2 Å². The monoisotopic (exact) mass is 264 g/mol. The van der Waals surface area contributed by atoms with Gasteiger partial charge in [0.25, 0.3) is 0 Å². The lowest BCUT2D eigenvalue weighted by molar-refractivity contribution is -0.147. The molecule has 0 aliphatic heterocycles. The second kappa shape index (κ2) is 6.60. The fourth-order valence-corrected chi connectivity index (χ4v) is 1.77. The maximum Gasteiger partial charge on any atom is 0.309 e. The van der Waals surface area contributed by atoms with Crippen LogP contribution >= 0.6 is 0 Å². The molecule has 1 N–H and O–H groups in total. The van der Waals surface area contributed by atoms with Gasteiger partial charge in [0.05, 0.1) is 12.0 Å². The normalized spacial score (nSPS) is 11.6. The van der Waals surface area contributed by atoms with Crippen molar-refractivity contribution < 1.29 is 14.6 Å². The van der Waals surface area contributed by atoms with Crippen LogP contribution in [0, 0.1) is 5.41 Å². The van der Waals surface area contributed by atoms with Gasteiger partial charge in [-0.25, -0.2) is 0 Å². The molecule has 0 radical (unpaired) electrons. The van der Waals surface area contributed by atoms with Crippen LogP contribution in [0.5, 0.6) is 5.75 Å². The van der Waals surface area contributed by atoms with Crippen molar-refractivity contribution in [1.82, 2.24) is 0 Å². The third-order valence-corrected chi connectivity index (χ3v) is 3.32. The van der Waals surface area contributed by atoms with Gasteiger partial charge >= 0.3 is 5.97 Å². The fraction of sp³-hybridized carbons (Fsp3) is 0.562. The van der Waals surface area contributed by atoms with E-state index >= 15 is 0 Å². The summed E-state index contributed by atoms with van der Waals surface area (Å²) in [6.45, 7) is 8.34. The fourth-order valence-electron chi connectivity index (χ4n) is 1.77. The molecule has 3 heteroatoms. The van der Waals surface area contributed by atoms with Gasteiger partial charge < -0.3 is 9.84 Å². The zero-order chi connectivity index (χ0) is 14.5. The number of aliphatic carboxylic acids is 1. The molecule has 0 heterocycles. The van der Waals surface area contributed by atoms with Gasteiger partial charge in [-0.05, 0) is 50.3 Å². The Labute approximate surface area is 115 Å². The molecule has 0 saturated carbocycles. The van der Waals surface area contributed by atoms with Crippen LogP contribution in [0.25, 0.3) is 0 Å². The molecule has 0 saturated heterocycles. The van der Waals surface area contributed by atoms with E-state index in [2.05, 4.69) is 19.9 Å². The molecule has 0 amide bonds. The van der Waals surface area contributed by atoms with Crippen molar-refractivity contribution in [1.29, 1.82) is 0 Å². The van der Waals surface area contributed by atoms with Crippen molar-refractivity contribution in [2.24, 2.45) is 5.41 Å². The van der Waals surface area contributed by atoms with Gasteiger partial charge in [-0.15, -0.1) is 0 Å². The molecule has 0 aliphatic rings. The summed E-state index contributed by atoms with van der Waals surface area (Å²) in [5.41, 5.74) is 0.576. The molecule has 1 aromatic rings. The Morgan fingerprint density at radius 3 is 2.63 bits per heavy atom. The summed E-state index contributed by atoms with van der Waals surface area (Å²) in [7, 11) is 0. The molecular weight excluding hydrogens is 240 g/mol. The molecule has 0 unspecified atom stereocenters. The number of hydrogen-bond acceptors (Lipinski definition) is 2. The minimum Gasteiger partial charge on any atom is -0.494 e. The molecular formula is C16H24O3. The molecule has 1 rings (SSSR count). The van der Waals surface area contributed by atoms with Crippen molar-refractivity contribution in [3.05, 3.63) is 29.8 Å².